The van der Waals surface area contributed by atoms with Gasteiger partial charge in [0.2, 0.25) is 0 Å². The lowest BCUT2D eigenvalue weighted by atomic mass is 9.79. The fraction of sp³-hybridized carbons (Fsp3) is 0.400. The van der Waals surface area contributed by atoms with E-state index in [1.54, 1.807) is 0 Å². The molecule has 0 spiro atoms. The van der Waals surface area contributed by atoms with Gasteiger partial charge >= 0.3 is 0 Å². The fourth-order valence-corrected chi connectivity index (χ4v) is 2.99. The zero-order valence-electron chi connectivity index (χ0n) is 12.8. The Morgan fingerprint density at radius 3 is 2.52 bits per heavy atom. The van der Waals surface area contributed by atoms with Crippen LogP contribution in [0.4, 0.5) is 0 Å². The predicted octanol–water partition coefficient (Wildman–Crippen LogP) is 4.93. The lowest BCUT2D eigenvalue weighted by Crippen LogP contribution is -2.09. The molecule has 0 heterocycles. The Bertz CT molecular complexity index is 581. The van der Waals surface area contributed by atoms with Crippen LogP contribution in [0.1, 0.15) is 60.0 Å². The second kappa shape index (κ2) is 6.44. The second-order valence-electron chi connectivity index (χ2n) is 6.34. The minimum atomic E-state index is -0.355. The van der Waals surface area contributed by atoms with Gasteiger partial charge in [-0.05, 0) is 55.2 Å². The van der Waals surface area contributed by atoms with E-state index in [2.05, 4.69) is 55.5 Å². The maximum atomic E-state index is 10.4. The van der Waals surface area contributed by atoms with Crippen LogP contribution in [0.15, 0.2) is 48.5 Å². The van der Waals surface area contributed by atoms with Crippen molar-refractivity contribution in [2.24, 2.45) is 0 Å². The average molecular weight is 280 g/mol. The molecule has 1 atom stereocenters. The van der Waals surface area contributed by atoms with Crippen molar-refractivity contribution < 1.29 is 5.11 Å². The minimum absolute atomic E-state index is 0.355. The Balaban J connectivity index is 1.62. The van der Waals surface area contributed by atoms with Crippen molar-refractivity contribution in [2.75, 3.05) is 0 Å². The zero-order valence-corrected chi connectivity index (χ0v) is 12.8. The molecule has 0 aliphatic heterocycles. The summed E-state index contributed by atoms with van der Waals surface area (Å²) in [5.74, 6) is 0.731. The number of rotatable bonds is 5. The van der Waals surface area contributed by atoms with Crippen LogP contribution in [0.25, 0.3) is 0 Å². The van der Waals surface area contributed by atoms with E-state index >= 15 is 0 Å². The standard InChI is InChI=1S/C20H24O/c1-15-8-10-16(11-9-15)12-13-20(21)19-7-3-6-18(14-19)17-4-2-5-17/h3,6-11,14,17,20-21H,2,4-5,12-13H2,1H3. The summed E-state index contributed by atoms with van der Waals surface area (Å²) in [7, 11) is 0. The quantitative estimate of drug-likeness (QED) is 0.823. The van der Waals surface area contributed by atoms with Crippen molar-refractivity contribution in [3.8, 4) is 0 Å². The molecule has 1 nitrogen and oxygen atoms in total. The first kappa shape index (κ1) is 14.3. The summed E-state index contributed by atoms with van der Waals surface area (Å²) >= 11 is 0. The van der Waals surface area contributed by atoms with E-state index in [1.165, 1.54) is 36.0 Å². The molecule has 0 radical (unpaired) electrons. The van der Waals surface area contributed by atoms with Crippen LogP contribution in [-0.4, -0.2) is 5.11 Å². The summed E-state index contributed by atoms with van der Waals surface area (Å²) in [6, 6.07) is 17.2. The van der Waals surface area contributed by atoms with Crippen molar-refractivity contribution in [3.63, 3.8) is 0 Å². The van der Waals surface area contributed by atoms with Gasteiger partial charge in [0.15, 0.2) is 0 Å². The third-order valence-electron chi connectivity index (χ3n) is 4.70. The van der Waals surface area contributed by atoms with Crippen molar-refractivity contribution >= 4 is 0 Å². The molecule has 0 aromatic heterocycles. The van der Waals surface area contributed by atoms with Gasteiger partial charge in [0.25, 0.3) is 0 Å². The molecule has 1 saturated carbocycles. The Morgan fingerprint density at radius 2 is 1.86 bits per heavy atom. The van der Waals surface area contributed by atoms with Gasteiger partial charge in [-0.15, -0.1) is 0 Å². The van der Waals surface area contributed by atoms with E-state index in [0.717, 1.165) is 24.3 Å². The van der Waals surface area contributed by atoms with Crippen LogP contribution < -0.4 is 0 Å². The largest absolute Gasteiger partial charge is 0.388 e. The molecule has 1 unspecified atom stereocenters. The third-order valence-corrected chi connectivity index (χ3v) is 4.70. The molecule has 0 saturated heterocycles. The average Bonchev–Trinajstić information content (AvgIpc) is 2.45. The van der Waals surface area contributed by atoms with Crippen LogP contribution in [0.2, 0.25) is 0 Å². The predicted molar refractivity (Wildman–Crippen MR) is 87.5 cm³/mol. The molecule has 21 heavy (non-hydrogen) atoms. The summed E-state index contributed by atoms with van der Waals surface area (Å²) < 4.78 is 0. The molecule has 1 aliphatic rings. The van der Waals surface area contributed by atoms with Gasteiger partial charge in [0.1, 0.15) is 0 Å². The van der Waals surface area contributed by atoms with Crippen LogP contribution in [0.3, 0.4) is 0 Å². The molecule has 0 bridgehead atoms. The maximum absolute atomic E-state index is 10.4. The Labute approximate surface area is 127 Å². The molecule has 3 rings (SSSR count). The summed E-state index contributed by atoms with van der Waals surface area (Å²) in [5.41, 5.74) is 5.07. The summed E-state index contributed by atoms with van der Waals surface area (Å²) in [4.78, 5) is 0. The summed E-state index contributed by atoms with van der Waals surface area (Å²) in [6.07, 6.45) is 5.33. The van der Waals surface area contributed by atoms with E-state index in [4.69, 9.17) is 0 Å². The highest BCUT2D eigenvalue weighted by molar-refractivity contribution is 5.29. The van der Waals surface area contributed by atoms with Crippen LogP contribution >= 0.6 is 0 Å². The second-order valence-corrected chi connectivity index (χ2v) is 6.34. The van der Waals surface area contributed by atoms with Gasteiger partial charge in [-0.1, -0.05) is 60.5 Å². The lowest BCUT2D eigenvalue weighted by Gasteiger charge is -2.26. The molecule has 1 aliphatic carbocycles. The molecule has 2 aromatic rings. The van der Waals surface area contributed by atoms with E-state index < -0.39 is 0 Å². The van der Waals surface area contributed by atoms with Crippen molar-refractivity contribution in [1.82, 2.24) is 0 Å². The zero-order chi connectivity index (χ0) is 14.7. The molecule has 110 valence electrons. The van der Waals surface area contributed by atoms with Gasteiger partial charge in [0.05, 0.1) is 6.10 Å². The molecule has 0 amide bonds. The van der Waals surface area contributed by atoms with Crippen molar-refractivity contribution in [3.05, 3.63) is 70.8 Å². The normalized spacial score (nSPS) is 16.5. The van der Waals surface area contributed by atoms with E-state index in [9.17, 15) is 5.11 Å². The third kappa shape index (κ3) is 3.54. The molecular weight excluding hydrogens is 256 g/mol. The van der Waals surface area contributed by atoms with E-state index in [0.29, 0.717) is 0 Å². The lowest BCUT2D eigenvalue weighted by molar-refractivity contribution is 0.167. The fourth-order valence-electron chi connectivity index (χ4n) is 2.99. The highest BCUT2D eigenvalue weighted by atomic mass is 16.3. The van der Waals surface area contributed by atoms with Crippen LogP contribution in [0, 0.1) is 6.92 Å². The first-order valence-electron chi connectivity index (χ1n) is 8.06. The van der Waals surface area contributed by atoms with Gasteiger partial charge in [-0.2, -0.15) is 0 Å². The number of benzene rings is 2. The van der Waals surface area contributed by atoms with Crippen LogP contribution in [0.5, 0.6) is 0 Å². The highest BCUT2D eigenvalue weighted by Crippen LogP contribution is 2.37. The van der Waals surface area contributed by atoms with Gasteiger partial charge in [-0.25, -0.2) is 0 Å². The Morgan fingerprint density at radius 1 is 1.10 bits per heavy atom. The van der Waals surface area contributed by atoms with Crippen molar-refractivity contribution in [2.45, 2.75) is 51.0 Å². The Hall–Kier alpha value is -1.60. The SMILES string of the molecule is Cc1ccc(CCC(O)c2cccc(C3CCC3)c2)cc1. The van der Waals surface area contributed by atoms with E-state index in [-0.39, 0.29) is 6.10 Å². The summed E-state index contributed by atoms with van der Waals surface area (Å²) in [6.45, 7) is 2.10. The molecule has 1 fully saturated rings. The number of aliphatic hydroxyl groups is 1. The number of hydrogen-bond donors (Lipinski definition) is 1. The molecular formula is C20H24O. The minimum Gasteiger partial charge on any atom is -0.388 e. The smallest absolute Gasteiger partial charge is 0.0793 e. The number of hydrogen-bond acceptors (Lipinski definition) is 1. The topological polar surface area (TPSA) is 20.2 Å². The Kier molecular flexibility index (Phi) is 4.40. The maximum Gasteiger partial charge on any atom is 0.0793 e. The van der Waals surface area contributed by atoms with Gasteiger partial charge < -0.3 is 5.11 Å². The highest BCUT2D eigenvalue weighted by Gasteiger charge is 2.20. The van der Waals surface area contributed by atoms with Crippen molar-refractivity contribution in [1.29, 1.82) is 0 Å². The first-order chi connectivity index (χ1) is 10.2. The monoisotopic (exact) mass is 280 g/mol. The van der Waals surface area contributed by atoms with Gasteiger partial charge in [0, 0.05) is 0 Å². The van der Waals surface area contributed by atoms with Gasteiger partial charge in [-0.3, -0.25) is 0 Å². The molecule has 2 aromatic carbocycles. The molecule has 1 heteroatoms. The van der Waals surface area contributed by atoms with Crippen LogP contribution in [-0.2, 0) is 6.42 Å². The van der Waals surface area contributed by atoms with E-state index in [1.807, 2.05) is 0 Å². The number of aliphatic hydroxyl groups excluding tert-OH is 1. The summed E-state index contributed by atoms with van der Waals surface area (Å²) in [5, 5.41) is 10.4. The number of aryl methyl sites for hydroxylation is 2. The first-order valence-corrected chi connectivity index (χ1v) is 8.06. The molecule has 1 N–H and O–H groups in total.